The van der Waals surface area contributed by atoms with Gasteiger partial charge >= 0.3 is 5.97 Å². The van der Waals surface area contributed by atoms with E-state index in [1.807, 2.05) is 0 Å². The molecule has 1 aliphatic rings. The Balaban J connectivity index is 2.52. The number of hydrogen-bond donors (Lipinski definition) is 1. The molecule has 0 bridgehead atoms. The van der Waals surface area contributed by atoms with Crippen LogP contribution in [0.25, 0.3) is 0 Å². The lowest BCUT2D eigenvalue weighted by molar-refractivity contribution is -0.142. The molecule has 0 aromatic heterocycles. The van der Waals surface area contributed by atoms with E-state index in [0.29, 0.717) is 26.1 Å². The zero-order valence-electron chi connectivity index (χ0n) is 11.1. The van der Waals surface area contributed by atoms with Crippen LogP contribution in [0.1, 0.15) is 19.3 Å². The number of ether oxygens (including phenoxy) is 2. The Morgan fingerprint density at radius 1 is 1.32 bits per heavy atom. The molecule has 1 fully saturated rings. The maximum absolute atomic E-state index is 12.1. The van der Waals surface area contributed by atoms with Crippen LogP contribution >= 0.6 is 0 Å². The maximum Gasteiger partial charge on any atom is 0.322 e. The molecular formula is C11H21NO6S. The molecule has 1 atom stereocenters. The third-order valence-corrected chi connectivity index (χ3v) is 4.85. The highest BCUT2D eigenvalue weighted by molar-refractivity contribution is 7.89. The smallest absolute Gasteiger partial charge is 0.322 e. The number of nitrogens with zero attached hydrogens (tertiary/aromatic N) is 1. The van der Waals surface area contributed by atoms with Crippen molar-refractivity contribution < 1.29 is 27.8 Å². The van der Waals surface area contributed by atoms with Crippen LogP contribution in [0.4, 0.5) is 0 Å². The van der Waals surface area contributed by atoms with Gasteiger partial charge in [-0.25, -0.2) is 8.42 Å². The highest BCUT2D eigenvalue weighted by atomic mass is 32.2. The molecule has 7 nitrogen and oxygen atoms in total. The summed E-state index contributed by atoms with van der Waals surface area (Å²) in [7, 11) is -2.05. The summed E-state index contributed by atoms with van der Waals surface area (Å²) in [6, 6.07) is -0.933. The van der Waals surface area contributed by atoms with Crippen molar-refractivity contribution in [2.24, 2.45) is 0 Å². The lowest BCUT2D eigenvalue weighted by atomic mass is 10.1. The molecule has 8 heteroatoms. The van der Waals surface area contributed by atoms with E-state index in [-0.39, 0.29) is 18.9 Å². The first kappa shape index (κ1) is 16.4. The maximum atomic E-state index is 12.1. The first-order valence-electron chi connectivity index (χ1n) is 6.28. The molecule has 19 heavy (non-hydrogen) atoms. The van der Waals surface area contributed by atoms with Crippen molar-refractivity contribution in [1.82, 2.24) is 4.31 Å². The van der Waals surface area contributed by atoms with Crippen molar-refractivity contribution in [3.63, 3.8) is 0 Å². The van der Waals surface area contributed by atoms with Gasteiger partial charge in [-0.3, -0.25) is 4.79 Å². The lowest BCUT2D eigenvalue weighted by Gasteiger charge is -2.31. The van der Waals surface area contributed by atoms with Crippen molar-refractivity contribution in [3.05, 3.63) is 0 Å². The molecule has 1 heterocycles. The standard InChI is InChI=1S/C11H21NO6S/c1-17-6-7-18-8-9-19(15,16)12-5-3-2-4-10(12)11(13)14/h10H,2-9H2,1H3,(H,13,14). The highest BCUT2D eigenvalue weighted by Gasteiger charge is 2.36. The fourth-order valence-corrected chi connectivity index (χ4v) is 3.56. The second kappa shape index (κ2) is 7.78. The van der Waals surface area contributed by atoms with Gasteiger partial charge in [0.05, 0.1) is 25.6 Å². The average molecular weight is 295 g/mol. The third-order valence-electron chi connectivity index (χ3n) is 3.01. The Bertz CT molecular complexity index is 383. The molecular weight excluding hydrogens is 274 g/mol. The summed E-state index contributed by atoms with van der Waals surface area (Å²) in [6.45, 7) is 1.06. The van der Waals surface area contributed by atoms with Gasteiger partial charge < -0.3 is 14.6 Å². The van der Waals surface area contributed by atoms with Gasteiger partial charge in [0.2, 0.25) is 10.0 Å². The summed E-state index contributed by atoms with van der Waals surface area (Å²) >= 11 is 0. The predicted octanol–water partition coefficient (Wildman–Crippen LogP) is -0.0817. The number of carboxylic acids is 1. The molecule has 0 aliphatic carbocycles. The van der Waals surface area contributed by atoms with Crippen LogP contribution < -0.4 is 0 Å². The number of sulfonamides is 1. The minimum Gasteiger partial charge on any atom is -0.480 e. The second-order valence-corrected chi connectivity index (χ2v) is 6.42. The highest BCUT2D eigenvalue weighted by Crippen LogP contribution is 2.20. The van der Waals surface area contributed by atoms with Crippen molar-refractivity contribution in [1.29, 1.82) is 0 Å². The second-order valence-electron chi connectivity index (χ2n) is 4.38. The van der Waals surface area contributed by atoms with E-state index in [1.54, 1.807) is 0 Å². The van der Waals surface area contributed by atoms with Crippen LogP contribution in [0, 0.1) is 0 Å². The predicted molar refractivity (Wildman–Crippen MR) is 68.5 cm³/mol. The monoisotopic (exact) mass is 295 g/mol. The topological polar surface area (TPSA) is 93.1 Å². The largest absolute Gasteiger partial charge is 0.480 e. The first-order chi connectivity index (χ1) is 8.99. The van der Waals surface area contributed by atoms with E-state index in [1.165, 1.54) is 7.11 Å². The molecule has 0 radical (unpaired) electrons. The molecule has 1 N–H and O–H groups in total. The number of piperidine rings is 1. The fraction of sp³-hybridized carbons (Fsp3) is 0.909. The molecule has 1 aliphatic heterocycles. The van der Waals surface area contributed by atoms with E-state index >= 15 is 0 Å². The van der Waals surface area contributed by atoms with Gasteiger partial charge in [-0.1, -0.05) is 0 Å². The zero-order chi connectivity index (χ0) is 14.3. The Hall–Kier alpha value is -0.700. The van der Waals surface area contributed by atoms with Gasteiger partial charge in [0, 0.05) is 13.7 Å². The zero-order valence-corrected chi connectivity index (χ0v) is 11.9. The minimum absolute atomic E-state index is 0.0501. The van der Waals surface area contributed by atoms with E-state index in [4.69, 9.17) is 14.6 Å². The summed E-state index contributed by atoms with van der Waals surface area (Å²) in [5, 5.41) is 9.06. The summed E-state index contributed by atoms with van der Waals surface area (Å²) in [6.07, 6.45) is 1.82. The molecule has 1 saturated heterocycles. The van der Waals surface area contributed by atoms with Crippen molar-refractivity contribution in [2.45, 2.75) is 25.3 Å². The van der Waals surface area contributed by atoms with E-state index in [2.05, 4.69) is 0 Å². The van der Waals surface area contributed by atoms with Gasteiger partial charge in [-0.15, -0.1) is 0 Å². The van der Waals surface area contributed by atoms with Gasteiger partial charge in [0.1, 0.15) is 6.04 Å². The van der Waals surface area contributed by atoms with E-state index in [0.717, 1.165) is 10.7 Å². The van der Waals surface area contributed by atoms with E-state index in [9.17, 15) is 13.2 Å². The van der Waals surface area contributed by atoms with Gasteiger partial charge in [0.25, 0.3) is 0 Å². The Morgan fingerprint density at radius 2 is 2.05 bits per heavy atom. The lowest BCUT2D eigenvalue weighted by Crippen LogP contribution is -2.49. The molecule has 1 unspecified atom stereocenters. The molecule has 0 spiro atoms. The van der Waals surface area contributed by atoms with E-state index < -0.39 is 22.0 Å². The average Bonchev–Trinajstić information content (AvgIpc) is 2.38. The van der Waals surface area contributed by atoms with Gasteiger partial charge in [-0.2, -0.15) is 4.31 Å². The van der Waals surface area contributed by atoms with Crippen LogP contribution in [0.15, 0.2) is 0 Å². The molecule has 112 valence electrons. The third kappa shape index (κ3) is 5.06. The number of hydrogen-bond acceptors (Lipinski definition) is 5. The summed E-state index contributed by atoms with van der Waals surface area (Å²) in [5.41, 5.74) is 0. The normalized spacial score (nSPS) is 21.4. The number of rotatable bonds is 8. The molecule has 0 aromatic rings. The number of carbonyl (C=O) groups is 1. The Kier molecular flexibility index (Phi) is 6.70. The number of aliphatic carboxylic acids is 1. The Labute approximate surface area is 113 Å². The van der Waals surface area contributed by atoms with Gasteiger partial charge in [0.15, 0.2) is 0 Å². The summed E-state index contributed by atoms with van der Waals surface area (Å²) < 4.78 is 35.2. The molecule has 0 aromatic carbocycles. The van der Waals surface area contributed by atoms with Crippen molar-refractivity contribution in [3.8, 4) is 0 Å². The Morgan fingerprint density at radius 3 is 2.68 bits per heavy atom. The van der Waals surface area contributed by atoms with Crippen LogP contribution in [-0.4, -0.2) is 69.1 Å². The van der Waals surface area contributed by atoms with Gasteiger partial charge in [-0.05, 0) is 19.3 Å². The quantitative estimate of drug-likeness (QED) is 0.629. The van der Waals surface area contributed by atoms with Crippen LogP contribution in [0.2, 0.25) is 0 Å². The molecule has 1 rings (SSSR count). The number of carboxylic acid groups (broad SMARTS) is 1. The fourth-order valence-electron chi connectivity index (χ4n) is 2.01. The first-order valence-corrected chi connectivity index (χ1v) is 7.89. The van der Waals surface area contributed by atoms with Crippen LogP contribution in [0.3, 0.4) is 0 Å². The SMILES string of the molecule is COCCOCCS(=O)(=O)N1CCCCC1C(=O)O. The molecule has 0 amide bonds. The van der Waals surface area contributed by atoms with Crippen molar-refractivity contribution >= 4 is 16.0 Å². The number of methoxy groups -OCH3 is 1. The molecule has 0 saturated carbocycles. The summed E-state index contributed by atoms with van der Waals surface area (Å²) in [5.74, 6) is -1.27. The minimum atomic E-state index is -3.58. The summed E-state index contributed by atoms with van der Waals surface area (Å²) in [4.78, 5) is 11.1. The van der Waals surface area contributed by atoms with Crippen molar-refractivity contribution in [2.75, 3.05) is 39.2 Å². The van der Waals surface area contributed by atoms with Crippen LogP contribution in [-0.2, 0) is 24.3 Å². The van der Waals surface area contributed by atoms with Crippen LogP contribution in [0.5, 0.6) is 0 Å².